The molecule has 0 bridgehead atoms. The van der Waals surface area contributed by atoms with Crippen molar-refractivity contribution in [2.45, 2.75) is 41.9 Å². The summed E-state index contributed by atoms with van der Waals surface area (Å²) < 4.78 is 33.0. The van der Waals surface area contributed by atoms with Crippen LogP contribution in [0, 0.1) is 0 Å². The van der Waals surface area contributed by atoms with Crippen LogP contribution in [0.15, 0.2) is 32.3 Å². The zero-order valence-electron chi connectivity index (χ0n) is 13.8. The van der Waals surface area contributed by atoms with Gasteiger partial charge in [-0.15, -0.1) is 11.3 Å². The lowest BCUT2D eigenvalue weighted by Crippen LogP contribution is -2.30. The molecule has 136 valence electrons. The quantitative estimate of drug-likeness (QED) is 0.717. The second kappa shape index (κ2) is 6.00. The van der Waals surface area contributed by atoms with Crippen molar-refractivity contribution in [2.24, 2.45) is 0 Å². The number of hydrogen-bond donors (Lipinski definition) is 1. The molecule has 1 aliphatic heterocycles. The average Bonchev–Trinajstić information content (AvgIpc) is 3.18. The Morgan fingerprint density at radius 1 is 1.31 bits per heavy atom. The summed E-state index contributed by atoms with van der Waals surface area (Å²) in [5.74, 6) is 1.28. The molecule has 1 unspecified atom stereocenters. The summed E-state index contributed by atoms with van der Waals surface area (Å²) in [5.41, 5.74) is 1.72. The Labute approximate surface area is 154 Å². The molecule has 10 heteroatoms. The Morgan fingerprint density at radius 2 is 2.19 bits per heavy atom. The molecular formula is C16H17N5O3S2. The minimum absolute atomic E-state index is 0.327. The minimum Gasteiger partial charge on any atom is -0.337 e. The van der Waals surface area contributed by atoms with Crippen molar-refractivity contribution < 1.29 is 12.9 Å². The number of H-pyrrole nitrogens is 1. The molecule has 2 fully saturated rings. The van der Waals surface area contributed by atoms with Gasteiger partial charge in [0.1, 0.15) is 15.9 Å². The molecule has 1 saturated heterocycles. The van der Waals surface area contributed by atoms with Crippen molar-refractivity contribution in [3.8, 4) is 11.5 Å². The van der Waals surface area contributed by atoms with Gasteiger partial charge in [0.05, 0.1) is 0 Å². The normalized spacial score (nSPS) is 21.5. The molecule has 3 aromatic rings. The molecule has 26 heavy (non-hydrogen) atoms. The van der Waals surface area contributed by atoms with Crippen molar-refractivity contribution in [3.05, 3.63) is 35.2 Å². The fourth-order valence-corrected chi connectivity index (χ4v) is 6.10. The Morgan fingerprint density at radius 3 is 2.96 bits per heavy atom. The van der Waals surface area contributed by atoms with Gasteiger partial charge in [-0.05, 0) is 43.2 Å². The SMILES string of the molecule is O=S(=O)(c1cccs1)N1CCCC1c1nc(-c2cc(C3CC3)[nH]n2)no1. The number of nitrogens with one attached hydrogen (secondary N) is 1. The van der Waals surface area contributed by atoms with Crippen molar-refractivity contribution in [2.75, 3.05) is 6.54 Å². The highest BCUT2D eigenvalue weighted by Gasteiger charge is 2.40. The maximum Gasteiger partial charge on any atom is 0.253 e. The van der Waals surface area contributed by atoms with E-state index in [1.807, 2.05) is 6.07 Å². The monoisotopic (exact) mass is 391 g/mol. The summed E-state index contributed by atoms with van der Waals surface area (Å²) in [7, 11) is -3.54. The smallest absolute Gasteiger partial charge is 0.253 e. The maximum atomic E-state index is 12.9. The van der Waals surface area contributed by atoms with Crippen molar-refractivity contribution in [3.63, 3.8) is 0 Å². The van der Waals surface area contributed by atoms with Gasteiger partial charge in [0, 0.05) is 18.2 Å². The third-order valence-electron chi connectivity index (χ3n) is 4.83. The lowest BCUT2D eigenvalue weighted by atomic mass is 10.2. The molecule has 1 N–H and O–H groups in total. The van der Waals surface area contributed by atoms with Gasteiger partial charge in [-0.25, -0.2) is 8.42 Å². The number of nitrogens with zero attached hydrogens (tertiary/aromatic N) is 4. The summed E-state index contributed by atoms with van der Waals surface area (Å²) in [6.07, 6.45) is 3.79. The van der Waals surface area contributed by atoms with Crippen LogP contribution in [-0.4, -0.2) is 39.6 Å². The van der Waals surface area contributed by atoms with Crippen LogP contribution in [0.25, 0.3) is 11.5 Å². The van der Waals surface area contributed by atoms with E-state index in [0.717, 1.165) is 12.1 Å². The second-order valence-corrected chi connectivity index (χ2v) is 9.71. The predicted octanol–water partition coefficient (Wildman–Crippen LogP) is 2.92. The van der Waals surface area contributed by atoms with Crippen molar-refractivity contribution in [1.29, 1.82) is 0 Å². The molecular weight excluding hydrogens is 374 g/mol. The molecule has 2 aliphatic rings. The first kappa shape index (κ1) is 16.2. The largest absolute Gasteiger partial charge is 0.337 e. The molecule has 0 spiro atoms. The zero-order valence-corrected chi connectivity index (χ0v) is 15.5. The zero-order chi connectivity index (χ0) is 17.7. The van der Waals surface area contributed by atoms with Gasteiger partial charge >= 0.3 is 0 Å². The van der Waals surface area contributed by atoms with Crippen LogP contribution in [0.3, 0.4) is 0 Å². The molecule has 4 heterocycles. The highest BCUT2D eigenvalue weighted by molar-refractivity contribution is 7.91. The molecule has 0 aromatic carbocycles. The summed E-state index contributed by atoms with van der Waals surface area (Å²) in [5, 5.41) is 13.1. The van der Waals surface area contributed by atoms with Gasteiger partial charge in [0.15, 0.2) is 0 Å². The third kappa shape index (κ3) is 2.68. The highest BCUT2D eigenvalue weighted by atomic mass is 32.2. The lowest BCUT2D eigenvalue weighted by molar-refractivity contribution is 0.291. The molecule has 8 nitrogen and oxygen atoms in total. The lowest BCUT2D eigenvalue weighted by Gasteiger charge is -2.20. The van der Waals surface area contributed by atoms with E-state index >= 15 is 0 Å². The molecule has 1 aliphatic carbocycles. The number of sulfonamides is 1. The van der Waals surface area contributed by atoms with Crippen LogP contribution in [0.4, 0.5) is 0 Å². The van der Waals surface area contributed by atoms with Crippen LogP contribution in [-0.2, 0) is 10.0 Å². The first-order valence-electron chi connectivity index (χ1n) is 8.57. The average molecular weight is 391 g/mol. The number of thiophene rings is 1. The Hall–Kier alpha value is -2.04. The van der Waals surface area contributed by atoms with Gasteiger partial charge in [-0.3, -0.25) is 5.10 Å². The van der Waals surface area contributed by atoms with E-state index in [4.69, 9.17) is 4.52 Å². The van der Waals surface area contributed by atoms with Crippen LogP contribution < -0.4 is 0 Å². The van der Waals surface area contributed by atoms with Gasteiger partial charge in [0.25, 0.3) is 10.0 Å². The molecule has 1 atom stereocenters. The predicted molar refractivity (Wildman–Crippen MR) is 94.0 cm³/mol. The van der Waals surface area contributed by atoms with E-state index in [9.17, 15) is 8.42 Å². The highest BCUT2D eigenvalue weighted by Crippen LogP contribution is 2.40. The Kier molecular flexibility index (Phi) is 3.73. The van der Waals surface area contributed by atoms with E-state index in [2.05, 4.69) is 20.3 Å². The van der Waals surface area contributed by atoms with E-state index in [1.165, 1.54) is 28.5 Å². The first-order chi connectivity index (χ1) is 12.6. The molecule has 0 radical (unpaired) electrons. The topological polar surface area (TPSA) is 105 Å². The van der Waals surface area contributed by atoms with Crippen molar-refractivity contribution in [1.82, 2.24) is 24.6 Å². The van der Waals surface area contributed by atoms with E-state index in [0.29, 0.717) is 40.5 Å². The van der Waals surface area contributed by atoms with Gasteiger partial charge in [-0.1, -0.05) is 11.2 Å². The third-order valence-corrected chi connectivity index (χ3v) is 8.11. The summed E-state index contributed by atoms with van der Waals surface area (Å²) in [4.78, 5) is 4.44. The summed E-state index contributed by atoms with van der Waals surface area (Å²) >= 11 is 1.22. The number of aromatic nitrogens is 4. The van der Waals surface area contributed by atoms with E-state index < -0.39 is 16.1 Å². The minimum atomic E-state index is -3.54. The number of rotatable bonds is 5. The number of hydrogen-bond acceptors (Lipinski definition) is 7. The van der Waals surface area contributed by atoms with Crippen LogP contribution in [0.2, 0.25) is 0 Å². The Balaban J connectivity index is 1.43. The van der Waals surface area contributed by atoms with Gasteiger partial charge in [-0.2, -0.15) is 14.4 Å². The van der Waals surface area contributed by atoms with Crippen molar-refractivity contribution >= 4 is 21.4 Å². The first-order valence-corrected chi connectivity index (χ1v) is 10.9. The summed E-state index contributed by atoms with van der Waals surface area (Å²) in [6, 6.07) is 4.88. The summed E-state index contributed by atoms with van der Waals surface area (Å²) in [6.45, 7) is 0.455. The maximum absolute atomic E-state index is 12.9. The standard InChI is InChI=1S/C16H17N5O3S2/c22-26(23,14-4-2-8-25-14)21-7-1-3-13(21)16-17-15(20-24-16)12-9-11(18-19-12)10-5-6-10/h2,4,8-10,13H,1,3,5-7H2,(H,18,19). The number of aromatic amines is 1. The second-order valence-electron chi connectivity index (χ2n) is 6.64. The van der Waals surface area contributed by atoms with Gasteiger partial charge < -0.3 is 4.52 Å². The van der Waals surface area contributed by atoms with E-state index in [1.54, 1.807) is 17.5 Å². The van der Waals surface area contributed by atoms with Gasteiger partial charge in [0.2, 0.25) is 11.7 Å². The fourth-order valence-electron chi connectivity index (χ4n) is 3.33. The fraction of sp³-hybridized carbons (Fsp3) is 0.438. The molecule has 0 amide bonds. The molecule has 3 aromatic heterocycles. The molecule has 1 saturated carbocycles. The molecule has 5 rings (SSSR count). The van der Waals surface area contributed by atoms with E-state index in [-0.39, 0.29) is 0 Å². The Bertz CT molecular complexity index is 1020. The van der Waals surface area contributed by atoms with Crippen LogP contribution in [0.1, 0.15) is 49.2 Å². The van der Waals surface area contributed by atoms with Crippen LogP contribution >= 0.6 is 11.3 Å². The van der Waals surface area contributed by atoms with Crippen LogP contribution in [0.5, 0.6) is 0 Å².